The van der Waals surface area contributed by atoms with Crippen LogP contribution >= 0.6 is 0 Å². The first-order chi connectivity index (χ1) is 9.93. The zero-order valence-corrected chi connectivity index (χ0v) is 12.2. The summed E-state index contributed by atoms with van der Waals surface area (Å²) in [7, 11) is 0. The molecule has 0 aliphatic carbocycles. The number of rotatable bonds is 5. The fourth-order valence-corrected chi connectivity index (χ4v) is 2.01. The maximum atomic E-state index is 12.5. The second-order valence-electron chi connectivity index (χ2n) is 4.93. The van der Waals surface area contributed by atoms with Crippen LogP contribution in [-0.2, 0) is 4.79 Å². The predicted molar refractivity (Wildman–Crippen MR) is 74.9 cm³/mol. The van der Waals surface area contributed by atoms with E-state index in [9.17, 15) is 9.59 Å². The smallest absolute Gasteiger partial charge is 0.308 e. The Morgan fingerprint density at radius 3 is 2.81 bits per heavy atom. The van der Waals surface area contributed by atoms with Crippen LogP contribution in [0.5, 0.6) is 0 Å². The van der Waals surface area contributed by atoms with Gasteiger partial charge in [-0.15, -0.1) is 0 Å². The van der Waals surface area contributed by atoms with Gasteiger partial charge in [0.1, 0.15) is 0 Å². The standard InChI is InChI=1S/C14H17N3O4/c1-4-17(7-8(2)14(19)20)13(18)10-5-11-9(3)16-21-12(11)15-6-10/h5-6,8H,4,7H2,1-3H3,(H,19,20). The second kappa shape index (κ2) is 5.90. The number of carboxylic acids is 1. The number of fused-ring (bicyclic) bond motifs is 1. The van der Waals surface area contributed by atoms with Gasteiger partial charge < -0.3 is 14.5 Å². The highest BCUT2D eigenvalue weighted by Gasteiger charge is 2.21. The topological polar surface area (TPSA) is 96.5 Å². The summed E-state index contributed by atoms with van der Waals surface area (Å²) in [6.45, 7) is 5.74. The molecule has 0 spiro atoms. The van der Waals surface area contributed by atoms with Crippen molar-refractivity contribution in [1.82, 2.24) is 15.0 Å². The summed E-state index contributed by atoms with van der Waals surface area (Å²) in [5, 5.41) is 13.4. The number of aromatic nitrogens is 2. The van der Waals surface area contributed by atoms with E-state index in [4.69, 9.17) is 9.63 Å². The quantitative estimate of drug-likeness (QED) is 0.900. The van der Waals surface area contributed by atoms with Gasteiger partial charge in [0.15, 0.2) is 0 Å². The molecule has 0 aliphatic rings. The van der Waals surface area contributed by atoms with Gasteiger partial charge in [-0.3, -0.25) is 9.59 Å². The molecule has 0 saturated heterocycles. The largest absolute Gasteiger partial charge is 0.481 e. The molecule has 0 saturated carbocycles. The minimum Gasteiger partial charge on any atom is -0.481 e. The van der Waals surface area contributed by atoms with E-state index < -0.39 is 11.9 Å². The van der Waals surface area contributed by atoms with Crippen molar-refractivity contribution in [2.75, 3.05) is 13.1 Å². The van der Waals surface area contributed by atoms with Crippen molar-refractivity contribution in [3.63, 3.8) is 0 Å². The highest BCUT2D eigenvalue weighted by molar-refractivity contribution is 5.97. The van der Waals surface area contributed by atoms with E-state index in [1.807, 2.05) is 6.92 Å². The first-order valence-corrected chi connectivity index (χ1v) is 6.68. The van der Waals surface area contributed by atoms with Gasteiger partial charge in [-0.1, -0.05) is 12.1 Å². The Labute approximate surface area is 121 Å². The summed E-state index contributed by atoms with van der Waals surface area (Å²) in [6, 6.07) is 1.67. The molecule has 112 valence electrons. The van der Waals surface area contributed by atoms with Crippen LogP contribution in [0.1, 0.15) is 29.9 Å². The first kappa shape index (κ1) is 15.0. The first-order valence-electron chi connectivity index (χ1n) is 6.68. The molecule has 0 bridgehead atoms. The Bertz CT molecular complexity index is 680. The number of aliphatic carboxylic acids is 1. The average Bonchev–Trinajstić information content (AvgIpc) is 2.84. The molecular formula is C14H17N3O4. The SMILES string of the molecule is CCN(CC(C)C(=O)O)C(=O)c1cnc2onc(C)c2c1. The lowest BCUT2D eigenvalue weighted by atomic mass is 10.1. The lowest BCUT2D eigenvalue weighted by Gasteiger charge is -2.22. The maximum Gasteiger partial charge on any atom is 0.308 e. The van der Waals surface area contributed by atoms with Crippen LogP contribution in [0.4, 0.5) is 0 Å². The molecule has 2 aromatic heterocycles. The molecule has 7 heteroatoms. The molecule has 0 fully saturated rings. The molecule has 0 radical (unpaired) electrons. The number of carboxylic acid groups (broad SMARTS) is 1. The number of aryl methyl sites for hydroxylation is 1. The van der Waals surface area contributed by atoms with E-state index in [0.29, 0.717) is 28.9 Å². The molecular weight excluding hydrogens is 274 g/mol. The van der Waals surface area contributed by atoms with Crippen molar-refractivity contribution >= 4 is 23.0 Å². The van der Waals surface area contributed by atoms with Crippen LogP contribution in [0.25, 0.3) is 11.1 Å². The second-order valence-corrected chi connectivity index (χ2v) is 4.93. The fraction of sp³-hybridized carbons (Fsp3) is 0.429. The van der Waals surface area contributed by atoms with E-state index in [2.05, 4.69) is 10.1 Å². The Balaban J connectivity index is 2.26. The van der Waals surface area contributed by atoms with Crippen molar-refractivity contribution in [3.05, 3.63) is 23.5 Å². The molecule has 0 aliphatic heterocycles. The van der Waals surface area contributed by atoms with E-state index in [0.717, 1.165) is 0 Å². The summed E-state index contributed by atoms with van der Waals surface area (Å²) in [4.78, 5) is 28.9. The van der Waals surface area contributed by atoms with Crippen LogP contribution in [0.15, 0.2) is 16.8 Å². The van der Waals surface area contributed by atoms with Crippen molar-refractivity contribution in [1.29, 1.82) is 0 Å². The number of hydrogen-bond donors (Lipinski definition) is 1. The van der Waals surface area contributed by atoms with E-state index in [1.165, 1.54) is 11.1 Å². The van der Waals surface area contributed by atoms with E-state index in [1.54, 1.807) is 19.9 Å². The van der Waals surface area contributed by atoms with Crippen molar-refractivity contribution in [2.45, 2.75) is 20.8 Å². The molecule has 1 amide bonds. The Kier molecular flexibility index (Phi) is 4.21. The van der Waals surface area contributed by atoms with Gasteiger partial charge in [0, 0.05) is 19.3 Å². The van der Waals surface area contributed by atoms with E-state index >= 15 is 0 Å². The predicted octanol–water partition coefficient (Wildman–Crippen LogP) is 1.71. The molecule has 1 atom stereocenters. The van der Waals surface area contributed by atoms with Gasteiger partial charge in [-0.25, -0.2) is 4.98 Å². The van der Waals surface area contributed by atoms with Crippen LogP contribution < -0.4 is 0 Å². The third-order valence-electron chi connectivity index (χ3n) is 3.34. The zero-order chi connectivity index (χ0) is 15.6. The molecule has 2 aromatic rings. The molecule has 1 N–H and O–H groups in total. The van der Waals surface area contributed by atoms with Gasteiger partial charge in [0.2, 0.25) is 0 Å². The highest BCUT2D eigenvalue weighted by Crippen LogP contribution is 2.18. The normalized spacial score (nSPS) is 12.3. The lowest BCUT2D eigenvalue weighted by Crippen LogP contribution is -2.36. The number of hydrogen-bond acceptors (Lipinski definition) is 5. The molecule has 21 heavy (non-hydrogen) atoms. The number of carbonyl (C=O) groups is 2. The number of pyridine rings is 1. The van der Waals surface area contributed by atoms with Gasteiger partial charge in [0.25, 0.3) is 11.6 Å². The highest BCUT2D eigenvalue weighted by atomic mass is 16.5. The van der Waals surface area contributed by atoms with Gasteiger partial charge >= 0.3 is 5.97 Å². The minimum absolute atomic E-state index is 0.158. The van der Waals surface area contributed by atoms with Gasteiger partial charge in [-0.2, -0.15) is 0 Å². The fourth-order valence-electron chi connectivity index (χ4n) is 2.01. The lowest BCUT2D eigenvalue weighted by molar-refractivity contribution is -0.141. The number of nitrogens with zero attached hydrogens (tertiary/aromatic N) is 3. The van der Waals surface area contributed by atoms with Crippen molar-refractivity contribution in [2.24, 2.45) is 5.92 Å². The zero-order valence-electron chi connectivity index (χ0n) is 12.2. The third kappa shape index (κ3) is 3.01. The molecule has 2 heterocycles. The minimum atomic E-state index is -0.926. The Morgan fingerprint density at radius 1 is 1.48 bits per heavy atom. The molecule has 7 nitrogen and oxygen atoms in total. The summed E-state index contributed by atoms with van der Waals surface area (Å²) in [5.41, 5.74) is 1.44. The van der Waals surface area contributed by atoms with Crippen molar-refractivity contribution in [3.8, 4) is 0 Å². The number of amides is 1. The Morgan fingerprint density at radius 2 is 2.19 bits per heavy atom. The van der Waals surface area contributed by atoms with Crippen LogP contribution in [0.2, 0.25) is 0 Å². The third-order valence-corrected chi connectivity index (χ3v) is 3.34. The summed E-state index contributed by atoms with van der Waals surface area (Å²) >= 11 is 0. The van der Waals surface area contributed by atoms with Crippen molar-refractivity contribution < 1.29 is 19.2 Å². The molecule has 0 aromatic carbocycles. The molecule has 2 rings (SSSR count). The molecule has 1 unspecified atom stereocenters. The number of carbonyl (C=O) groups excluding carboxylic acids is 1. The van der Waals surface area contributed by atoms with Crippen LogP contribution in [0.3, 0.4) is 0 Å². The monoisotopic (exact) mass is 291 g/mol. The summed E-state index contributed by atoms with van der Waals surface area (Å²) in [5.74, 6) is -1.80. The summed E-state index contributed by atoms with van der Waals surface area (Å²) < 4.78 is 5.00. The average molecular weight is 291 g/mol. The Hall–Kier alpha value is -2.44. The maximum absolute atomic E-state index is 12.5. The summed E-state index contributed by atoms with van der Waals surface area (Å²) in [6.07, 6.45) is 1.42. The van der Waals surface area contributed by atoms with Gasteiger partial charge in [0.05, 0.1) is 22.6 Å². The van der Waals surface area contributed by atoms with Crippen LogP contribution in [-0.4, -0.2) is 45.1 Å². The van der Waals surface area contributed by atoms with Crippen LogP contribution in [0, 0.1) is 12.8 Å². The van der Waals surface area contributed by atoms with E-state index in [-0.39, 0.29) is 12.5 Å². The van der Waals surface area contributed by atoms with Gasteiger partial charge in [-0.05, 0) is 19.9 Å².